The lowest BCUT2D eigenvalue weighted by molar-refractivity contribution is -0.137. The largest absolute Gasteiger partial charge is 0.342 e. The van der Waals surface area contributed by atoms with Crippen molar-refractivity contribution < 1.29 is 9.32 Å². The number of hydrogen-bond donors (Lipinski definition) is 0. The van der Waals surface area contributed by atoms with Crippen LogP contribution in [-0.2, 0) is 11.2 Å². The van der Waals surface area contributed by atoms with Crippen LogP contribution in [0.2, 0.25) is 0 Å². The van der Waals surface area contributed by atoms with Crippen LogP contribution in [0, 0.1) is 5.92 Å². The van der Waals surface area contributed by atoms with E-state index >= 15 is 0 Å². The SMILES string of the molecule is O=C(C1CCC1)N1CC[C@H](c2nc(Cc3cccs3)no2)C1. The minimum absolute atomic E-state index is 0.202. The predicted molar refractivity (Wildman–Crippen MR) is 82.7 cm³/mol. The van der Waals surface area contributed by atoms with Crippen molar-refractivity contribution in [1.29, 1.82) is 0 Å². The third-order valence-electron chi connectivity index (χ3n) is 4.70. The van der Waals surface area contributed by atoms with Crippen LogP contribution in [0.1, 0.15) is 48.2 Å². The van der Waals surface area contributed by atoms with Crippen LogP contribution >= 0.6 is 11.3 Å². The average molecular weight is 317 g/mol. The summed E-state index contributed by atoms with van der Waals surface area (Å²) >= 11 is 1.70. The molecule has 0 spiro atoms. The van der Waals surface area contributed by atoms with Gasteiger partial charge in [0.1, 0.15) is 0 Å². The van der Waals surface area contributed by atoms with Gasteiger partial charge in [0.2, 0.25) is 11.8 Å². The molecule has 0 bridgehead atoms. The van der Waals surface area contributed by atoms with E-state index < -0.39 is 0 Å². The molecule has 116 valence electrons. The van der Waals surface area contributed by atoms with Gasteiger partial charge in [0.05, 0.1) is 5.92 Å². The number of carbonyl (C=O) groups is 1. The fraction of sp³-hybridized carbons (Fsp3) is 0.562. The van der Waals surface area contributed by atoms with Gasteiger partial charge in [0, 0.05) is 30.3 Å². The summed E-state index contributed by atoms with van der Waals surface area (Å²) in [5.41, 5.74) is 0. The molecule has 2 aromatic rings. The van der Waals surface area contributed by atoms with Gasteiger partial charge in [-0.25, -0.2) is 0 Å². The van der Waals surface area contributed by atoms with Crippen LogP contribution in [0.5, 0.6) is 0 Å². The lowest BCUT2D eigenvalue weighted by atomic mass is 9.84. The predicted octanol–water partition coefficient (Wildman–Crippen LogP) is 2.84. The fourth-order valence-corrected chi connectivity index (χ4v) is 3.85. The highest BCUT2D eigenvalue weighted by molar-refractivity contribution is 7.09. The van der Waals surface area contributed by atoms with Crippen LogP contribution in [0.15, 0.2) is 22.0 Å². The summed E-state index contributed by atoms with van der Waals surface area (Å²) in [6.07, 6.45) is 4.97. The van der Waals surface area contributed by atoms with Crippen molar-refractivity contribution in [1.82, 2.24) is 15.0 Å². The van der Waals surface area contributed by atoms with Gasteiger partial charge < -0.3 is 9.42 Å². The van der Waals surface area contributed by atoms with Crippen molar-refractivity contribution in [2.75, 3.05) is 13.1 Å². The molecule has 1 amide bonds. The van der Waals surface area contributed by atoms with Gasteiger partial charge in [-0.2, -0.15) is 4.98 Å². The van der Waals surface area contributed by atoms with Crippen molar-refractivity contribution in [2.24, 2.45) is 5.92 Å². The number of nitrogens with zero attached hydrogens (tertiary/aromatic N) is 3. The summed E-state index contributed by atoms with van der Waals surface area (Å²) < 4.78 is 5.43. The Balaban J connectivity index is 1.38. The Bertz CT molecular complexity index is 648. The lowest BCUT2D eigenvalue weighted by Crippen LogP contribution is -2.37. The van der Waals surface area contributed by atoms with E-state index in [2.05, 4.69) is 21.6 Å². The third kappa shape index (κ3) is 2.67. The minimum atomic E-state index is 0.202. The number of hydrogen-bond acceptors (Lipinski definition) is 5. The molecule has 1 saturated carbocycles. The molecular weight excluding hydrogens is 298 g/mol. The van der Waals surface area contributed by atoms with Crippen LogP contribution in [0.3, 0.4) is 0 Å². The smallest absolute Gasteiger partial charge is 0.231 e. The molecule has 0 aromatic carbocycles. The van der Waals surface area contributed by atoms with Gasteiger partial charge in [0.15, 0.2) is 5.82 Å². The summed E-state index contributed by atoms with van der Waals surface area (Å²) in [6.45, 7) is 1.55. The molecule has 22 heavy (non-hydrogen) atoms. The van der Waals surface area contributed by atoms with E-state index in [4.69, 9.17) is 4.52 Å². The molecule has 0 radical (unpaired) electrons. The molecule has 4 rings (SSSR count). The maximum atomic E-state index is 12.3. The quantitative estimate of drug-likeness (QED) is 0.870. The second-order valence-electron chi connectivity index (χ2n) is 6.20. The van der Waals surface area contributed by atoms with Crippen molar-refractivity contribution in [3.05, 3.63) is 34.1 Å². The zero-order chi connectivity index (χ0) is 14.9. The van der Waals surface area contributed by atoms with E-state index in [9.17, 15) is 4.79 Å². The minimum Gasteiger partial charge on any atom is -0.342 e. The average Bonchev–Trinajstić information content (AvgIpc) is 3.17. The van der Waals surface area contributed by atoms with Gasteiger partial charge in [-0.1, -0.05) is 17.6 Å². The Hall–Kier alpha value is -1.69. The van der Waals surface area contributed by atoms with Gasteiger partial charge >= 0.3 is 0 Å². The molecule has 0 N–H and O–H groups in total. The monoisotopic (exact) mass is 317 g/mol. The molecule has 3 heterocycles. The molecule has 1 aliphatic carbocycles. The summed E-state index contributed by atoms with van der Waals surface area (Å²) in [4.78, 5) is 20.0. The highest BCUT2D eigenvalue weighted by atomic mass is 32.1. The molecule has 1 aliphatic heterocycles. The molecule has 5 nitrogen and oxygen atoms in total. The first-order chi connectivity index (χ1) is 10.8. The van der Waals surface area contributed by atoms with Crippen molar-refractivity contribution in [3.8, 4) is 0 Å². The normalized spacial score (nSPS) is 22.0. The molecule has 0 unspecified atom stereocenters. The van der Waals surface area contributed by atoms with E-state index in [0.717, 1.165) is 44.6 Å². The number of carbonyl (C=O) groups excluding carboxylic acids is 1. The van der Waals surface area contributed by atoms with E-state index in [-0.39, 0.29) is 11.8 Å². The molecule has 2 fully saturated rings. The Morgan fingerprint density at radius 2 is 2.32 bits per heavy atom. The Kier molecular flexibility index (Phi) is 3.70. The third-order valence-corrected chi connectivity index (χ3v) is 5.58. The highest BCUT2D eigenvalue weighted by Gasteiger charge is 2.35. The molecular formula is C16H19N3O2S. The Morgan fingerprint density at radius 1 is 1.41 bits per heavy atom. The molecule has 2 aromatic heterocycles. The number of amides is 1. The van der Waals surface area contributed by atoms with Gasteiger partial charge in [-0.3, -0.25) is 4.79 Å². The van der Waals surface area contributed by atoms with Crippen molar-refractivity contribution in [2.45, 2.75) is 38.0 Å². The number of aromatic nitrogens is 2. The summed E-state index contributed by atoms with van der Waals surface area (Å²) in [5, 5.41) is 6.14. The zero-order valence-electron chi connectivity index (χ0n) is 12.4. The van der Waals surface area contributed by atoms with Gasteiger partial charge in [-0.15, -0.1) is 11.3 Å². The van der Waals surface area contributed by atoms with E-state index in [1.54, 1.807) is 11.3 Å². The summed E-state index contributed by atoms with van der Waals surface area (Å²) in [5.74, 6) is 2.23. The van der Waals surface area contributed by atoms with E-state index in [0.29, 0.717) is 11.8 Å². The molecule has 1 saturated heterocycles. The molecule has 2 aliphatic rings. The van der Waals surface area contributed by atoms with E-state index in [1.165, 1.54) is 11.3 Å². The maximum absolute atomic E-state index is 12.3. The number of thiophene rings is 1. The fourth-order valence-electron chi connectivity index (χ4n) is 3.15. The van der Waals surface area contributed by atoms with Crippen LogP contribution in [-0.4, -0.2) is 34.0 Å². The summed E-state index contributed by atoms with van der Waals surface area (Å²) in [7, 11) is 0. The zero-order valence-corrected chi connectivity index (χ0v) is 13.2. The standard InChI is InChI=1S/C16H19N3O2S/c20-16(11-3-1-4-11)19-7-6-12(10-19)15-17-14(18-21-15)9-13-5-2-8-22-13/h2,5,8,11-12H,1,3-4,6-7,9-10H2/t12-/m0/s1. The van der Waals surface area contributed by atoms with Gasteiger partial charge in [0.25, 0.3) is 0 Å². The Morgan fingerprint density at radius 3 is 3.05 bits per heavy atom. The maximum Gasteiger partial charge on any atom is 0.231 e. The van der Waals surface area contributed by atoms with Crippen molar-refractivity contribution >= 4 is 17.2 Å². The lowest BCUT2D eigenvalue weighted by Gasteiger charge is -2.28. The molecule has 1 atom stereocenters. The number of rotatable bonds is 4. The topological polar surface area (TPSA) is 59.2 Å². The molecule has 6 heteroatoms. The second-order valence-corrected chi connectivity index (χ2v) is 7.23. The van der Waals surface area contributed by atoms with Crippen molar-refractivity contribution in [3.63, 3.8) is 0 Å². The summed E-state index contributed by atoms with van der Waals surface area (Å²) in [6, 6.07) is 4.11. The second kappa shape index (κ2) is 5.83. The van der Waals surface area contributed by atoms with Crippen LogP contribution in [0.4, 0.5) is 0 Å². The number of likely N-dealkylation sites (tertiary alicyclic amines) is 1. The first-order valence-electron chi connectivity index (χ1n) is 7.93. The highest BCUT2D eigenvalue weighted by Crippen LogP contribution is 2.32. The first-order valence-corrected chi connectivity index (χ1v) is 8.81. The first kappa shape index (κ1) is 13.9. The Labute approximate surface area is 133 Å². The van der Waals surface area contributed by atoms with Crippen LogP contribution in [0.25, 0.3) is 0 Å². The van der Waals surface area contributed by atoms with E-state index in [1.807, 2.05) is 11.0 Å². The van der Waals surface area contributed by atoms with Gasteiger partial charge in [-0.05, 0) is 30.7 Å². The van der Waals surface area contributed by atoms with Crippen LogP contribution < -0.4 is 0 Å².